The zero-order chi connectivity index (χ0) is 16.4. The molecular formula is C19H20ClNO2. The van der Waals surface area contributed by atoms with E-state index < -0.39 is 5.60 Å². The van der Waals surface area contributed by atoms with E-state index in [1.165, 1.54) is 0 Å². The van der Waals surface area contributed by atoms with Gasteiger partial charge in [-0.15, -0.1) is 0 Å². The van der Waals surface area contributed by atoms with E-state index in [1.54, 1.807) is 6.92 Å². The summed E-state index contributed by atoms with van der Waals surface area (Å²) in [6, 6.07) is 17.0. The molecule has 0 heterocycles. The molecule has 4 heteroatoms. The van der Waals surface area contributed by atoms with Crippen molar-refractivity contribution in [3.05, 3.63) is 70.7 Å². The Balaban J connectivity index is 1.57. The van der Waals surface area contributed by atoms with Gasteiger partial charge in [-0.25, -0.2) is 0 Å². The van der Waals surface area contributed by atoms with Gasteiger partial charge in [0.2, 0.25) is 5.91 Å². The van der Waals surface area contributed by atoms with Gasteiger partial charge in [-0.2, -0.15) is 0 Å². The molecule has 2 N–H and O–H groups in total. The molecule has 0 saturated heterocycles. The van der Waals surface area contributed by atoms with Crippen LogP contribution in [-0.4, -0.2) is 17.6 Å². The van der Waals surface area contributed by atoms with E-state index in [0.717, 1.165) is 17.5 Å². The molecule has 2 aromatic rings. The van der Waals surface area contributed by atoms with E-state index in [-0.39, 0.29) is 24.3 Å². The molecule has 1 aliphatic rings. The molecule has 3 unspecified atom stereocenters. The number of carbonyl (C=O) groups is 1. The maximum atomic E-state index is 12.3. The second-order valence-corrected chi connectivity index (χ2v) is 6.80. The highest BCUT2D eigenvalue weighted by Gasteiger charge is 2.44. The molecule has 120 valence electrons. The second kappa shape index (κ2) is 6.34. The predicted molar refractivity (Wildman–Crippen MR) is 91.3 cm³/mol. The average Bonchev–Trinajstić information content (AvgIpc) is 3.34. The van der Waals surface area contributed by atoms with Crippen molar-refractivity contribution in [3.63, 3.8) is 0 Å². The van der Waals surface area contributed by atoms with E-state index in [2.05, 4.69) is 5.32 Å². The lowest BCUT2D eigenvalue weighted by Crippen LogP contribution is -2.39. The molecule has 1 saturated carbocycles. The zero-order valence-corrected chi connectivity index (χ0v) is 13.8. The molecule has 1 aliphatic carbocycles. The number of rotatable bonds is 5. The third kappa shape index (κ3) is 3.74. The van der Waals surface area contributed by atoms with E-state index >= 15 is 0 Å². The topological polar surface area (TPSA) is 49.3 Å². The van der Waals surface area contributed by atoms with Gasteiger partial charge >= 0.3 is 0 Å². The molecule has 0 aromatic heterocycles. The number of hydrogen-bond donors (Lipinski definition) is 2. The van der Waals surface area contributed by atoms with Crippen LogP contribution in [0.25, 0.3) is 0 Å². The summed E-state index contributed by atoms with van der Waals surface area (Å²) in [5.41, 5.74) is 0.826. The monoisotopic (exact) mass is 329 g/mol. The van der Waals surface area contributed by atoms with Crippen molar-refractivity contribution in [1.29, 1.82) is 0 Å². The average molecular weight is 330 g/mol. The normalized spacial score (nSPS) is 22.2. The van der Waals surface area contributed by atoms with Crippen LogP contribution in [0.4, 0.5) is 0 Å². The van der Waals surface area contributed by atoms with E-state index in [1.807, 2.05) is 54.6 Å². The number of benzene rings is 2. The summed E-state index contributed by atoms with van der Waals surface area (Å²) in [5, 5.41) is 14.1. The first-order valence-electron chi connectivity index (χ1n) is 7.78. The fraction of sp³-hybridized carbons (Fsp3) is 0.316. The Labute approximate surface area is 141 Å². The largest absolute Gasteiger partial charge is 0.384 e. The maximum absolute atomic E-state index is 12.3. The molecule has 2 aromatic carbocycles. The molecule has 0 aliphatic heterocycles. The Morgan fingerprint density at radius 2 is 2.00 bits per heavy atom. The van der Waals surface area contributed by atoms with E-state index in [4.69, 9.17) is 11.6 Å². The smallest absolute Gasteiger partial charge is 0.223 e. The number of nitrogens with one attached hydrogen (secondary N) is 1. The first kappa shape index (κ1) is 16.0. The molecule has 0 bridgehead atoms. The fourth-order valence-corrected chi connectivity index (χ4v) is 3.08. The highest BCUT2D eigenvalue weighted by Crippen LogP contribution is 2.48. The maximum Gasteiger partial charge on any atom is 0.223 e. The van der Waals surface area contributed by atoms with Gasteiger partial charge in [-0.05, 0) is 42.5 Å². The predicted octanol–water partition coefficient (Wildman–Crippen LogP) is 3.47. The van der Waals surface area contributed by atoms with Gasteiger partial charge in [0.1, 0.15) is 5.60 Å². The van der Waals surface area contributed by atoms with Crippen LogP contribution in [0.5, 0.6) is 0 Å². The van der Waals surface area contributed by atoms with Crippen molar-refractivity contribution in [2.75, 3.05) is 6.54 Å². The van der Waals surface area contributed by atoms with Crippen LogP contribution in [-0.2, 0) is 10.4 Å². The van der Waals surface area contributed by atoms with Gasteiger partial charge in [0, 0.05) is 10.9 Å². The number of halogens is 1. The highest BCUT2D eigenvalue weighted by molar-refractivity contribution is 6.30. The summed E-state index contributed by atoms with van der Waals surface area (Å²) in [5.74, 6) is 0.196. The Morgan fingerprint density at radius 3 is 2.70 bits per heavy atom. The van der Waals surface area contributed by atoms with Crippen LogP contribution in [0.3, 0.4) is 0 Å². The van der Waals surface area contributed by atoms with Crippen molar-refractivity contribution < 1.29 is 9.90 Å². The first-order valence-corrected chi connectivity index (χ1v) is 8.16. The van der Waals surface area contributed by atoms with Gasteiger partial charge < -0.3 is 10.4 Å². The molecule has 3 atom stereocenters. The zero-order valence-electron chi connectivity index (χ0n) is 13.0. The van der Waals surface area contributed by atoms with Gasteiger partial charge in [0.15, 0.2) is 0 Å². The Morgan fingerprint density at radius 1 is 1.26 bits per heavy atom. The third-order valence-electron chi connectivity index (χ3n) is 4.41. The highest BCUT2D eigenvalue weighted by atomic mass is 35.5. The standard InChI is InChI=1S/C19H20ClNO2/c1-19(23,14-7-3-2-4-8-14)12-21-18(22)17-11-16(17)13-6-5-9-15(20)10-13/h2-10,16-17,23H,11-12H2,1H3,(H,21,22). The second-order valence-electron chi connectivity index (χ2n) is 6.36. The summed E-state index contributed by atoms with van der Waals surface area (Å²) in [7, 11) is 0. The number of aliphatic hydroxyl groups is 1. The minimum Gasteiger partial charge on any atom is -0.384 e. The summed E-state index contributed by atoms with van der Waals surface area (Å²) in [6.45, 7) is 1.92. The van der Waals surface area contributed by atoms with Crippen LogP contribution in [0.2, 0.25) is 5.02 Å². The van der Waals surface area contributed by atoms with E-state index in [9.17, 15) is 9.90 Å². The summed E-state index contributed by atoms with van der Waals surface area (Å²) < 4.78 is 0. The molecule has 1 amide bonds. The summed E-state index contributed by atoms with van der Waals surface area (Å²) in [6.07, 6.45) is 0.833. The SMILES string of the molecule is CC(O)(CNC(=O)C1CC1c1cccc(Cl)c1)c1ccccc1. The lowest BCUT2D eigenvalue weighted by Gasteiger charge is -2.24. The minimum absolute atomic E-state index is 0.00817. The van der Waals surface area contributed by atoms with E-state index in [0.29, 0.717) is 5.02 Å². The van der Waals surface area contributed by atoms with Crippen molar-refractivity contribution >= 4 is 17.5 Å². The summed E-state index contributed by atoms with van der Waals surface area (Å²) >= 11 is 6.00. The van der Waals surface area contributed by atoms with Crippen LogP contribution >= 0.6 is 11.6 Å². The fourth-order valence-electron chi connectivity index (χ4n) is 2.88. The van der Waals surface area contributed by atoms with Gasteiger partial charge in [-0.3, -0.25) is 4.79 Å². The third-order valence-corrected chi connectivity index (χ3v) is 4.64. The molecule has 0 spiro atoms. The van der Waals surface area contributed by atoms with Crippen molar-refractivity contribution in [3.8, 4) is 0 Å². The molecule has 23 heavy (non-hydrogen) atoms. The van der Waals surface area contributed by atoms with Gasteiger partial charge in [-0.1, -0.05) is 54.1 Å². The molecular weight excluding hydrogens is 310 g/mol. The lowest BCUT2D eigenvalue weighted by atomic mass is 9.96. The molecule has 3 rings (SSSR count). The number of carbonyl (C=O) groups excluding carboxylic acids is 1. The van der Waals surface area contributed by atoms with Crippen molar-refractivity contribution in [1.82, 2.24) is 5.32 Å². The summed E-state index contributed by atoms with van der Waals surface area (Å²) in [4.78, 5) is 12.3. The van der Waals surface area contributed by atoms with Crippen LogP contribution in [0.1, 0.15) is 30.4 Å². The molecule has 1 fully saturated rings. The molecule has 3 nitrogen and oxygen atoms in total. The quantitative estimate of drug-likeness (QED) is 0.882. The number of amides is 1. The van der Waals surface area contributed by atoms with Gasteiger partial charge in [0.05, 0.1) is 6.54 Å². The Bertz CT molecular complexity index is 700. The first-order chi connectivity index (χ1) is 11.0. The molecule has 0 radical (unpaired) electrons. The minimum atomic E-state index is -1.07. The van der Waals surface area contributed by atoms with Crippen molar-refractivity contribution in [2.24, 2.45) is 5.92 Å². The van der Waals surface area contributed by atoms with Crippen LogP contribution in [0, 0.1) is 5.92 Å². The number of hydrogen-bond acceptors (Lipinski definition) is 2. The van der Waals surface area contributed by atoms with Crippen LogP contribution in [0.15, 0.2) is 54.6 Å². The van der Waals surface area contributed by atoms with Crippen molar-refractivity contribution in [2.45, 2.75) is 24.9 Å². The lowest BCUT2D eigenvalue weighted by molar-refractivity contribution is -0.123. The Kier molecular flexibility index (Phi) is 4.42. The van der Waals surface area contributed by atoms with Crippen LogP contribution < -0.4 is 5.32 Å². The van der Waals surface area contributed by atoms with Gasteiger partial charge in [0.25, 0.3) is 0 Å². The Hall–Kier alpha value is -1.84.